The van der Waals surface area contributed by atoms with Crippen molar-refractivity contribution in [2.24, 2.45) is 0 Å². The van der Waals surface area contributed by atoms with E-state index in [0.717, 1.165) is 32.5 Å². The van der Waals surface area contributed by atoms with Crippen LogP contribution in [0.1, 0.15) is 17.5 Å². The van der Waals surface area contributed by atoms with Crippen molar-refractivity contribution in [3.63, 3.8) is 0 Å². The van der Waals surface area contributed by atoms with Crippen LogP contribution in [0.5, 0.6) is 0 Å². The van der Waals surface area contributed by atoms with E-state index in [1.165, 1.54) is 11.1 Å². The fourth-order valence-corrected chi connectivity index (χ4v) is 2.75. The van der Waals surface area contributed by atoms with Crippen LogP contribution in [0.4, 0.5) is 0 Å². The minimum absolute atomic E-state index is 0.248. The number of piperazine rings is 1. The third-order valence-corrected chi connectivity index (χ3v) is 4.12. The van der Waals surface area contributed by atoms with Gasteiger partial charge >= 0.3 is 0 Å². The predicted molar refractivity (Wildman–Crippen MR) is 79.4 cm³/mol. The molecule has 0 bridgehead atoms. The van der Waals surface area contributed by atoms with Crippen LogP contribution >= 0.6 is 0 Å². The average molecular weight is 262 g/mol. The summed E-state index contributed by atoms with van der Waals surface area (Å²) >= 11 is 0. The minimum atomic E-state index is -0.248. The first-order valence-electron chi connectivity index (χ1n) is 7.17. The Labute approximate surface area is 116 Å². The Balaban J connectivity index is 1.86. The van der Waals surface area contributed by atoms with Gasteiger partial charge in [-0.3, -0.25) is 0 Å². The molecule has 1 N–H and O–H groups in total. The number of hydrogen-bond acceptors (Lipinski definition) is 3. The lowest BCUT2D eigenvalue weighted by Crippen LogP contribution is -2.51. The molecule has 1 aliphatic rings. The molecule has 0 spiro atoms. The van der Waals surface area contributed by atoms with Gasteiger partial charge in [-0.2, -0.15) is 0 Å². The Morgan fingerprint density at radius 1 is 1.21 bits per heavy atom. The molecule has 1 aliphatic heterocycles. The van der Waals surface area contributed by atoms with Gasteiger partial charge in [-0.05, 0) is 39.4 Å². The number of likely N-dealkylation sites (N-methyl/N-ethyl adjacent to an activating group) is 2. The van der Waals surface area contributed by atoms with Gasteiger partial charge in [-0.25, -0.2) is 0 Å². The second-order valence-electron chi connectivity index (χ2n) is 5.98. The highest BCUT2D eigenvalue weighted by Crippen LogP contribution is 2.15. The second-order valence-corrected chi connectivity index (χ2v) is 5.98. The first kappa shape index (κ1) is 14.5. The Kier molecular flexibility index (Phi) is 4.97. The molecular weight excluding hydrogens is 236 g/mol. The molecule has 0 amide bonds. The van der Waals surface area contributed by atoms with E-state index in [-0.39, 0.29) is 6.10 Å². The van der Waals surface area contributed by atoms with Crippen LogP contribution in [-0.2, 0) is 6.42 Å². The number of benzene rings is 1. The van der Waals surface area contributed by atoms with Crippen molar-refractivity contribution in [1.82, 2.24) is 9.80 Å². The average Bonchev–Trinajstić information content (AvgIpc) is 2.37. The summed E-state index contributed by atoms with van der Waals surface area (Å²) in [7, 11) is 4.32. The molecular formula is C16H26N2O. The molecule has 2 unspecified atom stereocenters. The first-order valence-corrected chi connectivity index (χ1v) is 7.17. The van der Waals surface area contributed by atoms with Gasteiger partial charge in [0.05, 0.1) is 6.10 Å². The Morgan fingerprint density at radius 2 is 1.89 bits per heavy atom. The topological polar surface area (TPSA) is 26.7 Å². The molecule has 0 radical (unpaired) electrons. The molecule has 19 heavy (non-hydrogen) atoms. The lowest BCUT2D eigenvalue weighted by molar-refractivity contribution is 0.0639. The SMILES string of the molecule is Cc1ccc(CC(O)CC2CN(C)CCN2C)cc1. The van der Waals surface area contributed by atoms with Crippen LogP contribution in [-0.4, -0.2) is 60.8 Å². The number of aliphatic hydroxyl groups excluding tert-OH is 1. The summed E-state index contributed by atoms with van der Waals surface area (Å²) in [5, 5.41) is 10.3. The zero-order valence-electron chi connectivity index (χ0n) is 12.3. The van der Waals surface area contributed by atoms with E-state index in [4.69, 9.17) is 0 Å². The maximum atomic E-state index is 10.3. The van der Waals surface area contributed by atoms with Crippen molar-refractivity contribution in [3.05, 3.63) is 35.4 Å². The van der Waals surface area contributed by atoms with Crippen LogP contribution in [0.3, 0.4) is 0 Å². The predicted octanol–water partition coefficient (Wildman–Crippen LogP) is 1.53. The number of aryl methyl sites for hydroxylation is 1. The van der Waals surface area contributed by atoms with Crippen molar-refractivity contribution in [1.29, 1.82) is 0 Å². The Hall–Kier alpha value is -0.900. The van der Waals surface area contributed by atoms with Crippen LogP contribution < -0.4 is 0 Å². The molecule has 2 atom stereocenters. The summed E-state index contributed by atoms with van der Waals surface area (Å²) in [6.07, 6.45) is 1.37. The second kappa shape index (κ2) is 6.51. The highest BCUT2D eigenvalue weighted by molar-refractivity contribution is 5.21. The van der Waals surface area contributed by atoms with Crippen LogP contribution in [0.2, 0.25) is 0 Å². The highest BCUT2D eigenvalue weighted by atomic mass is 16.3. The normalized spacial score (nSPS) is 23.5. The minimum Gasteiger partial charge on any atom is -0.393 e. The summed E-state index contributed by atoms with van der Waals surface area (Å²) in [6, 6.07) is 8.94. The molecule has 0 aromatic heterocycles. The number of nitrogens with zero attached hydrogens (tertiary/aromatic N) is 2. The molecule has 106 valence electrons. The smallest absolute Gasteiger partial charge is 0.0595 e. The van der Waals surface area contributed by atoms with Gasteiger partial charge in [-0.1, -0.05) is 29.8 Å². The van der Waals surface area contributed by atoms with E-state index in [1.54, 1.807) is 0 Å². The quantitative estimate of drug-likeness (QED) is 0.891. The number of rotatable bonds is 4. The van der Waals surface area contributed by atoms with E-state index >= 15 is 0 Å². The van der Waals surface area contributed by atoms with E-state index in [0.29, 0.717) is 6.04 Å². The standard InChI is InChI=1S/C16H26N2O/c1-13-4-6-14(7-5-13)10-16(19)11-15-12-17(2)8-9-18(15)3/h4-7,15-16,19H,8-12H2,1-3H3. The molecule has 0 saturated carbocycles. The zero-order valence-corrected chi connectivity index (χ0v) is 12.3. The van der Waals surface area contributed by atoms with Crippen molar-refractivity contribution in [2.45, 2.75) is 31.9 Å². The number of aliphatic hydroxyl groups is 1. The van der Waals surface area contributed by atoms with Crippen molar-refractivity contribution in [2.75, 3.05) is 33.7 Å². The maximum absolute atomic E-state index is 10.3. The molecule has 1 aromatic carbocycles. The van der Waals surface area contributed by atoms with Gasteiger partial charge in [-0.15, -0.1) is 0 Å². The summed E-state index contributed by atoms with van der Waals surface area (Å²) < 4.78 is 0. The van der Waals surface area contributed by atoms with Crippen LogP contribution in [0.25, 0.3) is 0 Å². The molecule has 1 saturated heterocycles. The van der Waals surface area contributed by atoms with Gasteiger partial charge in [0.2, 0.25) is 0 Å². The summed E-state index contributed by atoms with van der Waals surface area (Å²) in [6.45, 7) is 5.37. The summed E-state index contributed by atoms with van der Waals surface area (Å²) in [4.78, 5) is 4.72. The highest BCUT2D eigenvalue weighted by Gasteiger charge is 2.24. The largest absolute Gasteiger partial charge is 0.393 e. The molecule has 1 heterocycles. The molecule has 2 rings (SSSR count). The zero-order chi connectivity index (χ0) is 13.8. The lowest BCUT2D eigenvalue weighted by Gasteiger charge is -2.38. The molecule has 1 aromatic rings. The molecule has 3 nitrogen and oxygen atoms in total. The number of hydrogen-bond donors (Lipinski definition) is 1. The van der Waals surface area contributed by atoms with Crippen molar-refractivity contribution < 1.29 is 5.11 Å². The Morgan fingerprint density at radius 3 is 2.58 bits per heavy atom. The van der Waals surface area contributed by atoms with Crippen LogP contribution in [0.15, 0.2) is 24.3 Å². The maximum Gasteiger partial charge on any atom is 0.0595 e. The third-order valence-electron chi connectivity index (χ3n) is 4.12. The fraction of sp³-hybridized carbons (Fsp3) is 0.625. The van der Waals surface area contributed by atoms with Crippen LogP contribution in [0, 0.1) is 6.92 Å². The van der Waals surface area contributed by atoms with Gasteiger partial charge in [0.25, 0.3) is 0 Å². The van der Waals surface area contributed by atoms with E-state index in [1.807, 2.05) is 0 Å². The Bertz CT molecular complexity index is 390. The third kappa shape index (κ3) is 4.30. The van der Waals surface area contributed by atoms with Crippen molar-refractivity contribution >= 4 is 0 Å². The van der Waals surface area contributed by atoms with E-state index < -0.39 is 0 Å². The molecule has 3 heteroatoms. The first-order chi connectivity index (χ1) is 9.04. The summed E-state index contributed by atoms with van der Waals surface area (Å²) in [5.41, 5.74) is 2.50. The van der Waals surface area contributed by atoms with E-state index in [2.05, 4.69) is 55.1 Å². The van der Waals surface area contributed by atoms with Crippen molar-refractivity contribution in [3.8, 4) is 0 Å². The van der Waals surface area contributed by atoms with E-state index in [9.17, 15) is 5.11 Å². The van der Waals surface area contributed by atoms with Gasteiger partial charge < -0.3 is 14.9 Å². The lowest BCUT2D eigenvalue weighted by atomic mass is 9.99. The van der Waals surface area contributed by atoms with Gasteiger partial charge in [0, 0.05) is 25.7 Å². The molecule has 1 fully saturated rings. The van der Waals surface area contributed by atoms with Gasteiger partial charge in [0.15, 0.2) is 0 Å². The monoisotopic (exact) mass is 262 g/mol. The summed E-state index contributed by atoms with van der Waals surface area (Å²) in [5.74, 6) is 0. The fourth-order valence-electron chi connectivity index (χ4n) is 2.75. The molecule has 0 aliphatic carbocycles. The van der Waals surface area contributed by atoms with Gasteiger partial charge in [0.1, 0.15) is 0 Å².